The van der Waals surface area contributed by atoms with Gasteiger partial charge in [0.2, 0.25) is 0 Å². The predicted octanol–water partition coefficient (Wildman–Crippen LogP) is 4.09. The Balaban J connectivity index is 3.82. The van der Waals surface area contributed by atoms with Crippen LogP contribution in [0.4, 0.5) is 0 Å². The molecule has 0 atom stereocenters. The summed E-state index contributed by atoms with van der Waals surface area (Å²) in [5.41, 5.74) is 4.49. The first-order chi connectivity index (χ1) is 5.07. The first-order valence-corrected chi connectivity index (χ1v) is 4.32. The molecule has 0 N–H and O–H groups in total. The second-order valence-electron chi connectivity index (χ2n) is 3.42. The van der Waals surface area contributed by atoms with E-state index < -0.39 is 0 Å². The van der Waals surface area contributed by atoms with Crippen molar-refractivity contribution in [3.05, 3.63) is 22.8 Å². The van der Waals surface area contributed by atoms with E-state index in [9.17, 15) is 0 Å². The molecule has 0 unspecified atom stereocenters. The molecule has 0 heterocycles. The molecule has 0 amide bonds. The van der Waals surface area contributed by atoms with E-state index in [2.05, 4.69) is 40.7 Å². The molecule has 0 aromatic carbocycles. The number of hydrogen-bond acceptors (Lipinski definition) is 0. The van der Waals surface area contributed by atoms with Crippen molar-refractivity contribution in [3.8, 4) is 0 Å². The lowest BCUT2D eigenvalue weighted by Gasteiger charge is -2.03. The molecule has 0 saturated carbocycles. The van der Waals surface area contributed by atoms with Crippen LogP contribution in [-0.2, 0) is 0 Å². The summed E-state index contributed by atoms with van der Waals surface area (Å²) in [4.78, 5) is 0. The zero-order valence-electron chi connectivity index (χ0n) is 8.49. The summed E-state index contributed by atoms with van der Waals surface area (Å²) < 4.78 is 0. The molecule has 0 nitrogen and oxygen atoms in total. The Morgan fingerprint density at radius 2 is 1.55 bits per heavy atom. The molecular weight excluding hydrogens is 132 g/mol. The van der Waals surface area contributed by atoms with Gasteiger partial charge in [-0.05, 0) is 47.5 Å². The molecule has 0 rings (SSSR count). The molecule has 0 fully saturated rings. The molecule has 0 aliphatic heterocycles. The van der Waals surface area contributed by atoms with Gasteiger partial charge in [0.1, 0.15) is 0 Å². The van der Waals surface area contributed by atoms with Crippen molar-refractivity contribution in [3.63, 3.8) is 0 Å². The summed E-state index contributed by atoms with van der Waals surface area (Å²) in [5, 5.41) is 0. The van der Waals surface area contributed by atoms with Crippen molar-refractivity contribution in [2.75, 3.05) is 0 Å². The number of hydrogen-bond donors (Lipinski definition) is 0. The van der Waals surface area contributed by atoms with E-state index in [1.165, 1.54) is 29.6 Å². The lowest BCUT2D eigenvalue weighted by molar-refractivity contribution is 0.905. The first kappa shape index (κ1) is 10.5. The third-order valence-corrected chi connectivity index (χ3v) is 2.24. The van der Waals surface area contributed by atoms with Crippen LogP contribution in [0.5, 0.6) is 0 Å². The van der Waals surface area contributed by atoms with Crippen LogP contribution in [0.3, 0.4) is 0 Å². The van der Waals surface area contributed by atoms with Crippen LogP contribution >= 0.6 is 0 Å². The molecule has 0 aromatic heterocycles. The van der Waals surface area contributed by atoms with E-state index in [0.29, 0.717) is 0 Å². The van der Waals surface area contributed by atoms with E-state index >= 15 is 0 Å². The molecule has 0 saturated heterocycles. The van der Waals surface area contributed by atoms with Gasteiger partial charge in [-0.2, -0.15) is 0 Å². The molecule has 0 aliphatic carbocycles. The van der Waals surface area contributed by atoms with Gasteiger partial charge in [0, 0.05) is 0 Å². The molecule has 0 spiro atoms. The maximum atomic E-state index is 2.22. The fourth-order valence-electron chi connectivity index (χ4n) is 0.779. The molecule has 0 aliphatic rings. The average molecular weight is 152 g/mol. The van der Waals surface area contributed by atoms with Gasteiger partial charge < -0.3 is 0 Å². The quantitative estimate of drug-likeness (QED) is 0.534. The third-order valence-electron chi connectivity index (χ3n) is 2.24. The van der Waals surface area contributed by atoms with Gasteiger partial charge in [0.15, 0.2) is 0 Å². The molecule has 0 radical (unpaired) electrons. The maximum absolute atomic E-state index is 2.22. The van der Waals surface area contributed by atoms with Crippen LogP contribution in [-0.4, -0.2) is 0 Å². The normalized spacial score (nSPS) is 11.5. The molecular formula is C11H20. The van der Waals surface area contributed by atoms with Crippen molar-refractivity contribution in [2.24, 2.45) is 0 Å². The van der Waals surface area contributed by atoms with Crippen molar-refractivity contribution in [1.29, 1.82) is 0 Å². The summed E-state index contributed by atoms with van der Waals surface area (Å²) in [6.07, 6.45) is 4.63. The van der Waals surface area contributed by atoms with Gasteiger partial charge in [-0.3, -0.25) is 0 Å². The summed E-state index contributed by atoms with van der Waals surface area (Å²) in [6.45, 7) is 10.9. The topological polar surface area (TPSA) is 0 Å². The van der Waals surface area contributed by atoms with E-state index in [-0.39, 0.29) is 0 Å². The highest BCUT2D eigenvalue weighted by Gasteiger charge is 1.93. The number of allylic oxidation sites excluding steroid dienone is 4. The highest BCUT2D eigenvalue weighted by molar-refractivity contribution is 5.09. The fourth-order valence-corrected chi connectivity index (χ4v) is 0.779. The summed E-state index contributed by atoms with van der Waals surface area (Å²) in [5.74, 6) is 0. The number of rotatable bonds is 3. The Labute approximate surface area is 71.0 Å². The maximum Gasteiger partial charge on any atom is -0.0283 e. The summed E-state index contributed by atoms with van der Waals surface area (Å²) >= 11 is 0. The second kappa shape index (κ2) is 5.17. The largest absolute Gasteiger partial charge is 0.0887 e. The SMILES string of the molecule is CC=C(C)CCC(C)=C(C)C. The first-order valence-electron chi connectivity index (χ1n) is 4.32. The van der Waals surface area contributed by atoms with Gasteiger partial charge in [-0.1, -0.05) is 22.8 Å². The van der Waals surface area contributed by atoms with Gasteiger partial charge in [0.05, 0.1) is 0 Å². The highest BCUT2D eigenvalue weighted by Crippen LogP contribution is 2.13. The minimum atomic E-state index is 1.22. The van der Waals surface area contributed by atoms with Crippen molar-refractivity contribution in [1.82, 2.24) is 0 Å². The zero-order chi connectivity index (χ0) is 8.85. The van der Waals surface area contributed by atoms with Crippen LogP contribution in [0.1, 0.15) is 47.5 Å². The Hall–Kier alpha value is -0.520. The Bertz CT molecular complexity index is 166. The Morgan fingerprint density at radius 3 is 1.91 bits per heavy atom. The predicted molar refractivity (Wildman–Crippen MR) is 52.7 cm³/mol. The van der Waals surface area contributed by atoms with Crippen molar-refractivity contribution < 1.29 is 0 Å². The molecule has 11 heavy (non-hydrogen) atoms. The highest BCUT2D eigenvalue weighted by atomic mass is 14.0. The Morgan fingerprint density at radius 1 is 1.00 bits per heavy atom. The standard InChI is InChI=1S/C11H20/c1-6-10(4)7-8-11(5)9(2)3/h6H,7-8H2,1-5H3. The van der Waals surface area contributed by atoms with Gasteiger partial charge >= 0.3 is 0 Å². The van der Waals surface area contributed by atoms with E-state index in [0.717, 1.165) is 0 Å². The second-order valence-corrected chi connectivity index (χ2v) is 3.42. The van der Waals surface area contributed by atoms with E-state index in [1.54, 1.807) is 0 Å². The van der Waals surface area contributed by atoms with Crippen LogP contribution in [0.25, 0.3) is 0 Å². The minimum absolute atomic E-state index is 1.22. The molecule has 0 heteroatoms. The van der Waals surface area contributed by atoms with Crippen LogP contribution < -0.4 is 0 Å². The monoisotopic (exact) mass is 152 g/mol. The Kier molecular flexibility index (Phi) is 4.93. The summed E-state index contributed by atoms with van der Waals surface area (Å²) in [7, 11) is 0. The van der Waals surface area contributed by atoms with Gasteiger partial charge in [-0.15, -0.1) is 0 Å². The van der Waals surface area contributed by atoms with Crippen LogP contribution in [0.2, 0.25) is 0 Å². The smallest absolute Gasteiger partial charge is 0.0283 e. The molecule has 0 bridgehead atoms. The fraction of sp³-hybridized carbons (Fsp3) is 0.636. The summed E-state index contributed by atoms with van der Waals surface area (Å²) in [6, 6.07) is 0. The lowest BCUT2D eigenvalue weighted by atomic mass is 10.0. The van der Waals surface area contributed by atoms with E-state index in [1.807, 2.05) is 0 Å². The lowest BCUT2D eigenvalue weighted by Crippen LogP contribution is -1.82. The van der Waals surface area contributed by atoms with Gasteiger partial charge in [-0.25, -0.2) is 0 Å². The van der Waals surface area contributed by atoms with Crippen LogP contribution in [0.15, 0.2) is 22.8 Å². The van der Waals surface area contributed by atoms with E-state index in [4.69, 9.17) is 0 Å². The molecule has 64 valence electrons. The van der Waals surface area contributed by atoms with Gasteiger partial charge in [0.25, 0.3) is 0 Å². The van der Waals surface area contributed by atoms with Crippen molar-refractivity contribution >= 4 is 0 Å². The zero-order valence-corrected chi connectivity index (χ0v) is 8.49. The third kappa shape index (κ3) is 4.83. The average Bonchev–Trinajstić information content (AvgIpc) is 1.99. The van der Waals surface area contributed by atoms with Crippen LogP contribution in [0, 0.1) is 0 Å². The minimum Gasteiger partial charge on any atom is -0.0887 e. The van der Waals surface area contributed by atoms with Crippen molar-refractivity contribution in [2.45, 2.75) is 47.5 Å². The molecule has 0 aromatic rings.